The Morgan fingerprint density at radius 1 is 1.06 bits per heavy atom. The molecule has 2 nitrogen and oxygen atoms in total. The summed E-state index contributed by atoms with van der Waals surface area (Å²) >= 11 is 0. The highest BCUT2D eigenvalue weighted by molar-refractivity contribution is 5.86. The Morgan fingerprint density at radius 3 is 1.65 bits per heavy atom. The Hall–Kier alpha value is -2.09. The van der Waals surface area contributed by atoms with Crippen LogP contribution in [0.1, 0.15) is 11.1 Å². The molecule has 1 aromatic rings. The van der Waals surface area contributed by atoms with Crippen LogP contribution in [0, 0.1) is 0 Å². The molecule has 0 atom stereocenters. The number of amides is 1. The van der Waals surface area contributed by atoms with Crippen molar-refractivity contribution in [3.8, 4) is 0 Å². The predicted octanol–water partition coefficient (Wildman–Crippen LogP) is 3.23. The van der Waals surface area contributed by atoms with Gasteiger partial charge in [-0.2, -0.15) is 0 Å². The number of hydrogen-bond acceptors (Lipinski definition) is 1. The topological polar surface area (TPSA) is 20.3 Å². The number of rotatable bonds is 3. The van der Waals surface area contributed by atoms with Crippen molar-refractivity contribution < 1.29 is 4.79 Å². The van der Waals surface area contributed by atoms with Gasteiger partial charge in [0.25, 0.3) is 0 Å². The number of carbonyl (C=O) groups is 1. The quantitative estimate of drug-likeness (QED) is 0.729. The summed E-state index contributed by atoms with van der Waals surface area (Å²) in [4.78, 5) is 11.8. The van der Waals surface area contributed by atoms with Gasteiger partial charge in [0.15, 0.2) is 0 Å². The third kappa shape index (κ3) is 5.52. The van der Waals surface area contributed by atoms with Crippen LogP contribution in [0.4, 0.5) is 0 Å². The number of likely N-dealkylation sites (N-methyl/N-ethyl adjacent to an activating group) is 1. The monoisotopic (exact) mass is 229 g/mol. The summed E-state index contributed by atoms with van der Waals surface area (Å²) in [6.45, 7) is 10.7. The lowest BCUT2D eigenvalue weighted by Gasteiger charge is -2.03. The van der Waals surface area contributed by atoms with Gasteiger partial charge in [0.1, 0.15) is 0 Å². The Bertz CT molecular complexity index is 378. The fraction of sp³-hybridized carbons (Fsp3) is 0.133. The van der Waals surface area contributed by atoms with E-state index in [9.17, 15) is 4.79 Å². The lowest BCUT2D eigenvalue weighted by Crippen LogP contribution is -2.18. The average molecular weight is 229 g/mol. The summed E-state index contributed by atoms with van der Waals surface area (Å²) in [5, 5.41) is 0. The third-order valence-corrected chi connectivity index (χ3v) is 2.05. The molecule has 0 N–H and O–H groups in total. The summed E-state index contributed by atoms with van der Waals surface area (Å²) in [7, 11) is 3.37. The van der Waals surface area contributed by atoms with Crippen molar-refractivity contribution in [2.75, 3.05) is 14.1 Å². The molecule has 0 unspecified atom stereocenters. The van der Waals surface area contributed by atoms with Crippen molar-refractivity contribution in [3.63, 3.8) is 0 Å². The zero-order chi connectivity index (χ0) is 13.3. The molecular weight excluding hydrogens is 210 g/mol. The maximum absolute atomic E-state index is 10.3. The van der Waals surface area contributed by atoms with Gasteiger partial charge in [0.05, 0.1) is 0 Å². The molecule has 1 aromatic carbocycles. The molecule has 0 aliphatic rings. The van der Waals surface area contributed by atoms with E-state index < -0.39 is 0 Å². The predicted molar refractivity (Wildman–Crippen MR) is 75.5 cm³/mol. The van der Waals surface area contributed by atoms with Crippen LogP contribution < -0.4 is 0 Å². The molecule has 90 valence electrons. The van der Waals surface area contributed by atoms with Gasteiger partial charge in [-0.25, -0.2) is 0 Å². The number of carbonyl (C=O) groups excluding carboxylic acids is 1. The van der Waals surface area contributed by atoms with E-state index >= 15 is 0 Å². The van der Waals surface area contributed by atoms with Gasteiger partial charge < -0.3 is 4.90 Å². The van der Waals surface area contributed by atoms with E-state index in [1.807, 2.05) is 36.4 Å². The molecule has 1 rings (SSSR count). The van der Waals surface area contributed by atoms with Crippen molar-refractivity contribution >= 4 is 18.1 Å². The highest BCUT2D eigenvalue weighted by atomic mass is 16.2. The first-order chi connectivity index (χ1) is 8.06. The first-order valence-electron chi connectivity index (χ1n) is 5.24. The lowest BCUT2D eigenvalue weighted by molar-refractivity contribution is -0.123. The van der Waals surface area contributed by atoms with Gasteiger partial charge in [0.2, 0.25) is 5.91 Å². The van der Waals surface area contributed by atoms with Gasteiger partial charge >= 0.3 is 0 Å². The highest BCUT2D eigenvalue weighted by Gasteiger charge is 1.91. The molecule has 2 heteroatoms. The zero-order valence-corrected chi connectivity index (χ0v) is 10.5. The molecule has 0 aromatic heterocycles. The largest absolute Gasteiger partial charge is 0.345 e. The molecular formula is C15H19NO. The number of benzene rings is 1. The molecule has 0 fully saturated rings. The average Bonchev–Trinajstić information content (AvgIpc) is 2.38. The van der Waals surface area contributed by atoms with E-state index in [1.165, 1.54) is 11.0 Å². The van der Waals surface area contributed by atoms with Gasteiger partial charge in [-0.05, 0) is 17.2 Å². The Kier molecular flexibility index (Phi) is 7.11. The fourth-order valence-electron chi connectivity index (χ4n) is 1.07. The molecule has 0 bridgehead atoms. The first-order valence-corrected chi connectivity index (χ1v) is 5.24. The summed E-state index contributed by atoms with van der Waals surface area (Å²) in [5.74, 6) is -0.0556. The van der Waals surface area contributed by atoms with Gasteiger partial charge in [0, 0.05) is 14.1 Å². The maximum atomic E-state index is 10.3. The second-order valence-electron chi connectivity index (χ2n) is 3.47. The molecule has 0 radical (unpaired) electrons. The molecule has 0 saturated carbocycles. The van der Waals surface area contributed by atoms with Gasteiger partial charge in [-0.15, -0.1) is 0 Å². The van der Waals surface area contributed by atoms with Crippen LogP contribution in [0.2, 0.25) is 0 Å². The zero-order valence-electron chi connectivity index (χ0n) is 10.5. The summed E-state index contributed by atoms with van der Waals surface area (Å²) < 4.78 is 0. The van der Waals surface area contributed by atoms with E-state index in [0.29, 0.717) is 0 Å². The lowest BCUT2D eigenvalue weighted by atomic mass is 10.1. The Labute approximate surface area is 104 Å². The van der Waals surface area contributed by atoms with E-state index in [2.05, 4.69) is 19.7 Å². The van der Waals surface area contributed by atoms with Crippen molar-refractivity contribution in [1.82, 2.24) is 4.90 Å². The second-order valence-corrected chi connectivity index (χ2v) is 3.47. The van der Waals surface area contributed by atoms with Crippen LogP contribution in [0.25, 0.3) is 12.2 Å². The fourth-order valence-corrected chi connectivity index (χ4v) is 1.07. The second kappa shape index (κ2) is 8.11. The minimum Gasteiger partial charge on any atom is -0.345 e. The first kappa shape index (κ1) is 14.9. The molecule has 17 heavy (non-hydrogen) atoms. The molecule has 0 spiro atoms. The molecule has 0 saturated heterocycles. The van der Waals surface area contributed by atoms with Crippen LogP contribution in [-0.2, 0) is 4.79 Å². The van der Waals surface area contributed by atoms with Crippen LogP contribution in [-0.4, -0.2) is 24.9 Å². The normalized spacial score (nSPS) is 8.35. The summed E-state index contributed by atoms with van der Waals surface area (Å²) in [6, 6.07) is 8.02. The van der Waals surface area contributed by atoms with Crippen LogP contribution >= 0.6 is 0 Å². The van der Waals surface area contributed by atoms with E-state index in [4.69, 9.17) is 0 Å². The highest BCUT2D eigenvalue weighted by Crippen LogP contribution is 2.10. The van der Waals surface area contributed by atoms with Crippen LogP contribution in [0.5, 0.6) is 0 Å². The maximum Gasteiger partial charge on any atom is 0.245 e. The number of nitrogens with zero attached hydrogens (tertiary/aromatic N) is 1. The van der Waals surface area contributed by atoms with Gasteiger partial charge in [-0.1, -0.05) is 56.2 Å². The summed E-state index contributed by atoms with van der Waals surface area (Å²) in [6.07, 6.45) is 4.94. The molecule has 0 aliphatic heterocycles. The Balaban J connectivity index is 0.000000325. The minimum atomic E-state index is -0.0556. The van der Waals surface area contributed by atoms with E-state index in [1.54, 1.807) is 14.1 Å². The molecule has 1 amide bonds. The van der Waals surface area contributed by atoms with E-state index in [-0.39, 0.29) is 5.91 Å². The van der Waals surface area contributed by atoms with Crippen LogP contribution in [0.3, 0.4) is 0 Å². The van der Waals surface area contributed by atoms with Crippen molar-refractivity contribution in [1.29, 1.82) is 0 Å². The summed E-state index contributed by atoms with van der Waals surface area (Å²) in [5.41, 5.74) is 2.27. The van der Waals surface area contributed by atoms with Crippen LogP contribution in [0.15, 0.2) is 50.1 Å². The number of hydrogen-bond donors (Lipinski definition) is 0. The minimum absolute atomic E-state index is 0.0556. The third-order valence-electron chi connectivity index (χ3n) is 2.05. The van der Waals surface area contributed by atoms with Crippen molar-refractivity contribution in [2.24, 2.45) is 0 Å². The molecule has 0 heterocycles. The van der Waals surface area contributed by atoms with Crippen molar-refractivity contribution in [2.45, 2.75) is 0 Å². The van der Waals surface area contributed by atoms with Gasteiger partial charge in [-0.3, -0.25) is 4.79 Å². The molecule has 0 aliphatic carbocycles. The van der Waals surface area contributed by atoms with E-state index in [0.717, 1.165) is 11.1 Å². The van der Waals surface area contributed by atoms with Crippen molar-refractivity contribution in [3.05, 3.63) is 61.2 Å². The smallest absolute Gasteiger partial charge is 0.245 e. The standard InChI is InChI=1S/C10H10.C5H9NO/c1-3-9-7-5-6-8-10(9)4-2;1-4-5(7)6(2)3/h3-8H,1-2H2;4H,1H2,2-3H3. The SMILES string of the molecule is C=CC(=O)N(C)C.C=Cc1ccccc1C=C. The Morgan fingerprint density at radius 2 is 1.47 bits per heavy atom.